The quantitative estimate of drug-likeness (QED) is 0.394. The number of anilines is 1. The average Bonchev–Trinajstić information content (AvgIpc) is 3.59. The van der Waals surface area contributed by atoms with E-state index in [0.717, 1.165) is 28.6 Å². The highest BCUT2D eigenvalue weighted by molar-refractivity contribution is 5.85. The summed E-state index contributed by atoms with van der Waals surface area (Å²) in [6.07, 6.45) is 5.00. The molecule has 3 heterocycles. The first-order chi connectivity index (χ1) is 18.0. The maximum absolute atomic E-state index is 13.7. The third-order valence-electron chi connectivity index (χ3n) is 7.33. The minimum absolute atomic E-state index is 0.0394. The fourth-order valence-electron chi connectivity index (χ4n) is 5.56. The van der Waals surface area contributed by atoms with E-state index in [1.807, 2.05) is 41.1 Å². The Labute approximate surface area is 213 Å². The first-order valence-electron chi connectivity index (χ1n) is 12.7. The van der Waals surface area contributed by atoms with Gasteiger partial charge in [0.25, 0.3) is 5.56 Å². The van der Waals surface area contributed by atoms with Crippen molar-refractivity contribution in [3.8, 4) is 16.9 Å². The van der Waals surface area contributed by atoms with Gasteiger partial charge in [0, 0.05) is 56.4 Å². The monoisotopic (exact) mass is 501 g/mol. The van der Waals surface area contributed by atoms with E-state index in [-0.39, 0.29) is 11.6 Å². The van der Waals surface area contributed by atoms with Crippen LogP contribution < -0.4 is 15.6 Å². The van der Waals surface area contributed by atoms with Gasteiger partial charge >= 0.3 is 0 Å². The van der Waals surface area contributed by atoms with Crippen LogP contribution in [0.3, 0.4) is 0 Å². The number of alkyl halides is 1. The van der Waals surface area contributed by atoms with Gasteiger partial charge in [-0.05, 0) is 42.5 Å². The SMILES string of the molecule is CC(F)Oc1ccccc1[C@H]1CCn2c(=O)c3ccc(-c4cnc(NC[C@H]5CCC(=O)C5)nc4)cc3n21. The molecule has 190 valence electrons. The molecule has 4 aromatic rings. The number of Topliss-reactive ketones (excluding diaryl/α,β-unsaturated/α-hetero) is 1. The fourth-order valence-corrected chi connectivity index (χ4v) is 5.56. The first-order valence-corrected chi connectivity index (χ1v) is 12.7. The van der Waals surface area contributed by atoms with Crippen LogP contribution in [0.25, 0.3) is 22.0 Å². The minimum Gasteiger partial charge on any atom is -0.460 e. The molecule has 1 unspecified atom stereocenters. The molecule has 8 nitrogen and oxygen atoms in total. The molecular formula is C28H28FN5O3. The van der Waals surface area contributed by atoms with E-state index >= 15 is 0 Å². The van der Waals surface area contributed by atoms with Crippen LogP contribution in [0.4, 0.5) is 10.3 Å². The number of hydrogen-bond acceptors (Lipinski definition) is 6. The predicted octanol–water partition coefficient (Wildman–Crippen LogP) is 4.73. The van der Waals surface area contributed by atoms with Crippen LogP contribution in [-0.4, -0.2) is 38.0 Å². The molecule has 0 saturated heterocycles. The van der Waals surface area contributed by atoms with Crippen molar-refractivity contribution in [1.29, 1.82) is 0 Å². The molecule has 2 aliphatic rings. The molecule has 1 N–H and O–H groups in total. The molecule has 2 aromatic heterocycles. The van der Waals surface area contributed by atoms with Crippen molar-refractivity contribution < 1.29 is 13.9 Å². The van der Waals surface area contributed by atoms with E-state index in [1.54, 1.807) is 23.1 Å². The van der Waals surface area contributed by atoms with E-state index in [9.17, 15) is 14.0 Å². The summed E-state index contributed by atoms with van der Waals surface area (Å²) in [6, 6.07) is 13.0. The second-order valence-electron chi connectivity index (χ2n) is 9.83. The summed E-state index contributed by atoms with van der Waals surface area (Å²) in [5.41, 5.74) is 3.35. The van der Waals surface area contributed by atoms with Crippen molar-refractivity contribution in [3.05, 3.63) is 70.8 Å². The second kappa shape index (κ2) is 9.46. The molecule has 1 saturated carbocycles. The smallest absolute Gasteiger partial charge is 0.274 e. The predicted molar refractivity (Wildman–Crippen MR) is 138 cm³/mol. The Balaban J connectivity index is 1.31. The number of hydrogen-bond donors (Lipinski definition) is 1. The summed E-state index contributed by atoms with van der Waals surface area (Å²) in [5.74, 6) is 1.68. The van der Waals surface area contributed by atoms with Gasteiger partial charge in [-0.25, -0.2) is 19.0 Å². The number of halogens is 1. The highest BCUT2D eigenvalue weighted by Crippen LogP contribution is 2.37. The van der Waals surface area contributed by atoms with Gasteiger partial charge in [0.2, 0.25) is 12.3 Å². The summed E-state index contributed by atoms with van der Waals surface area (Å²) in [4.78, 5) is 33.6. The Morgan fingerprint density at radius 3 is 2.68 bits per heavy atom. The third-order valence-corrected chi connectivity index (χ3v) is 7.33. The number of ether oxygens (including phenoxy) is 1. The zero-order valence-electron chi connectivity index (χ0n) is 20.6. The van der Waals surface area contributed by atoms with Crippen LogP contribution in [0.1, 0.15) is 44.2 Å². The lowest BCUT2D eigenvalue weighted by molar-refractivity contribution is -0.117. The van der Waals surface area contributed by atoms with Crippen LogP contribution in [0.2, 0.25) is 0 Å². The van der Waals surface area contributed by atoms with Gasteiger partial charge in [0.15, 0.2) is 0 Å². The van der Waals surface area contributed by atoms with E-state index in [1.165, 1.54) is 6.92 Å². The lowest BCUT2D eigenvalue weighted by atomic mass is 10.0. The molecule has 0 amide bonds. The maximum Gasteiger partial charge on any atom is 0.274 e. The summed E-state index contributed by atoms with van der Waals surface area (Å²) < 4.78 is 22.9. The van der Waals surface area contributed by atoms with Gasteiger partial charge in [0.1, 0.15) is 11.5 Å². The summed E-state index contributed by atoms with van der Waals surface area (Å²) >= 11 is 0. The van der Waals surface area contributed by atoms with Gasteiger partial charge in [-0.15, -0.1) is 0 Å². The van der Waals surface area contributed by atoms with Crippen molar-refractivity contribution in [3.63, 3.8) is 0 Å². The largest absolute Gasteiger partial charge is 0.460 e. The molecule has 2 aromatic carbocycles. The highest BCUT2D eigenvalue weighted by Gasteiger charge is 2.30. The third kappa shape index (κ3) is 4.39. The van der Waals surface area contributed by atoms with Crippen LogP contribution in [-0.2, 0) is 11.3 Å². The first kappa shape index (κ1) is 23.4. The van der Waals surface area contributed by atoms with Crippen LogP contribution in [0, 0.1) is 5.92 Å². The molecule has 37 heavy (non-hydrogen) atoms. The standard InChI is InChI=1S/C28H28FN5O3/c1-17(29)37-26-5-3-2-4-22(26)24-10-11-33-27(36)23-9-7-19(13-25(23)34(24)33)20-15-31-28(32-16-20)30-14-18-6-8-21(35)12-18/h2-5,7,9,13,15-18,24H,6,8,10-12,14H2,1H3,(H,30,31,32)/t17?,18-,24+/m0/s1. The number of fused-ring (bicyclic) bond motifs is 3. The summed E-state index contributed by atoms with van der Waals surface area (Å²) in [7, 11) is 0. The minimum atomic E-state index is -1.43. The fraction of sp³-hybridized carbons (Fsp3) is 0.357. The number of aromatic nitrogens is 4. The average molecular weight is 502 g/mol. The van der Waals surface area contributed by atoms with Crippen LogP contribution in [0.5, 0.6) is 5.75 Å². The lowest BCUT2D eigenvalue weighted by Crippen LogP contribution is -2.18. The molecular weight excluding hydrogens is 473 g/mol. The number of para-hydroxylation sites is 1. The normalized spacial score (nSPS) is 19.8. The van der Waals surface area contributed by atoms with Crippen LogP contribution in [0.15, 0.2) is 59.7 Å². The summed E-state index contributed by atoms with van der Waals surface area (Å²) in [5, 5.41) is 3.87. The molecule has 0 radical (unpaired) electrons. The van der Waals surface area contributed by atoms with E-state index in [2.05, 4.69) is 15.3 Å². The van der Waals surface area contributed by atoms with E-state index < -0.39 is 6.36 Å². The topological polar surface area (TPSA) is 91.0 Å². The number of carbonyl (C=O) groups excluding carboxylic acids is 1. The number of ketones is 1. The van der Waals surface area contributed by atoms with Gasteiger partial charge in [-0.2, -0.15) is 0 Å². The zero-order chi connectivity index (χ0) is 25.5. The number of rotatable bonds is 7. The van der Waals surface area contributed by atoms with Gasteiger partial charge in [-0.1, -0.05) is 24.3 Å². The van der Waals surface area contributed by atoms with Crippen molar-refractivity contribution in [2.24, 2.45) is 5.92 Å². The van der Waals surface area contributed by atoms with Crippen molar-refractivity contribution in [2.75, 3.05) is 11.9 Å². The number of benzene rings is 2. The van der Waals surface area contributed by atoms with Gasteiger partial charge in [-0.3, -0.25) is 14.3 Å². The Bertz CT molecular complexity index is 1530. The van der Waals surface area contributed by atoms with Gasteiger partial charge < -0.3 is 10.1 Å². The van der Waals surface area contributed by atoms with Crippen LogP contribution >= 0.6 is 0 Å². The Kier molecular flexibility index (Phi) is 5.98. The van der Waals surface area contributed by atoms with E-state index in [4.69, 9.17) is 4.74 Å². The molecule has 3 atom stereocenters. The number of nitrogens with one attached hydrogen (secondary N) is 1. The van der Waals surface area contributed by atoms with Gasteiger partial charge in [0.05, 0.1) is 16.9 Å². The van der Waals surface area contributed by atoms with Crippen molar-refractivity contribution >= 4 is 22.6 Å². The molecule has 0 bridgehead atoms. The number of carbonyl (C=O) groups is 1. The summed E-state index contributed by atoms with van der Waals surface area (Å²) in [6.45, 7) is 2.62. The maximum atomic E-state index is 13.7. The zero-order valence-corrected chi connectivity index (χ0v) is 20.6. The lowest BCUT2D eigenvalue weighted by Gasteiger charge is -2.19. The Morgan fingerprint density at radius 2 is 1.92 bits per heavy atom. The molecule has 1 aliphatic heterocycles. The molecule has 6 rings (SSSR count). The Hall–Kier alpha value is -4.01. The number of nitrogens with zero attached hydrogens (tertiary/aromatic N) is 4. The van der Waals surface area contributed by atoms with E-state index in [0.29, 0.717) is 61.1 Å². The Morgan fingerprint density at radius 1 is 1.11 bits per heavy atom. The second-order valence-corrected chi connectivity index (χ2v) is 9.83. The van der Waals surface area contributed by atoms with Crippen molar-refractivity contribution in [1.82, 2.24) is 19.3 Å². The molecule has 1 aliphatic carbocycles. The highest BCUT2D eigenvalue weighted by atomic mass is 19.1. The van der Waals surface area contributed by atoms with Crippen molar-refractivity contribution in [2.45, 2.75) is 51.6 Å². The molecule has 0 spiro atoms. The molecule has 1 fully saturated rings. The molecule has 9 heteroatoms.